The second kappa shape index (κ2) is 8.79. The molecule has 0 aliphatic rings. The molecule has 146 valence electrons. The van der Waals surface area contributed by atoms with E-state index >= 15 is 0 Å². The molecule has 0 aromatic heterocycles. The molecule has 1 N–H and O–H groups in total. The molecule has 0 radical (unpaired) electrons. The maximum absolute atomic E-state index is 12.7. The number of aryl methyl sites for hydroxylation is 1. The molecule has 2 aromatic carbocycles. The molecule has 1 unspecified atom stereocenters. The van der Waals surface area contributed by atoms with Gasteiger partial charge in [-0.1, -0.05) is 25.1 Å². The number of benzene rings is 2. The third-order valence-electron chi connectivity index (χ3n) is 4.17. The predicted molar refractivity (Wildman–Crippen MR) is 97.0 cm³/mol. The van der Waals surface area contributed by atoms with E-state index in [2.05, 4.69) is 5.32 Å². The van der Waals surface area contributed by atoms with Gasteiger partial charge in [0.1, 0.15) is 18.5 Å². The number of hydrogen-bond acceptors (Lipinski definition) is 3. The Morgan fingerprint density at radius 2 is 1.85 bits per heavy atom. The SMILES string of the molecule is CCC(COc1cccc(C(F)(F)F)c1)OC(=O)Nc1cccc(C)c1C. The van der Waals surface area contributed by atoms with E-state index in [9.17, 15) is 18.0 Å². The summed E-state index contributed by atoms with van der Waals surface area (Å²) in [5.41, 5.74) is 1.82. The Hall–Kier alpha value is -2.70. The highest BCUT2D eigenvalue weighted by molar-refractivity contribution is 5.86. The van der Waals surface area contributed by atoms with Crippen LogP contribution in [0.2, 0.25) is 0 Å². The number of nitrogens with one attached hydrogen (secondary N) is 1. The zero-order chi connectivity index (χ0) is 20.0. The molecule has 2 aromatic rings. The first-order valence-corrected chi connectivity index (χ1v) is 8.54. The third-order valence-corrected chi connectivity index (χ3v) is 4.17. The van der Waals surface area contributed by atoms with Crippen LogP contribution in [-0.2, 0) is 10.9 Å². The van der Waals surface area contributed by atoms with Gasteiger partial charge in [-0.3, -0.25) is 5.32 Å². The Bertz CT molecular complexity index is 790. The Balaban J connectivity index is 1.94. The Morgan fingerprint density at radius 3 is 2.52 bits per heavy atom. The van der Waals surface area contributed by atoms with Crippen molar-refractivity contribution < 1.29 is 27.4 Å². The molecule has 0 aliphatic heterocycles. The molecule has 7 heteroatoms. The second-order valence-electron chi connectivity index (χ2n) is 6.14. The van der Waals surface area contributed by atoms with Crippen LogP contribution in [0.4, 0.5) is 23.7 Å². The van der Waals surface area contributed by atoms with Crippen molar-refractivity contribution in [3.63, 3.8) is 0 Å². The van der Waals surface area contributed by atoms with Crippen molar-refractivity contribution >= 4 is 11.8 Å². The summed E-state index contributed by atoms with van der Waals surface area (Å²) in [5, 5.41) is 2.68. The Morgan fingerprint density at radius 1 is 1.15 bits per heavy atom. The maximum Gasteiger partial charge on any atom is 0.416 e. The number of amides is 1. The lowest BCUT2D eigenvalue weighted by Crippen LogP contribution is -2.27. The van der Waals surface area contributed by atoms with Gasteiger partial charge >= 0.3 is 12.3 Å². The van der Waals surface area contributed by atoms with Gasteiger partial charge in [0.2, 0.25) is 0 Å². The van der Waals surface area contributed by atoms with Gasteiger partial charge in [-0.2, -0.15) is 13.2 Å². The van der Waals surface area contributed by atoms with Crippen molar-refractivity contribution in [3.8, 4) is 5.75 Å². The normalized spacial score (nSPS) is 12.4. The predicted octanol–water partition coefficient (Wildman–Crippen LogP) is 5.73. The van der Waals surface area contributed by atoms with Gasteiger partial charge in [-0.05, 0) is 55.7 Å². The zero-order valence-corrected chi connectivity index (χ0v) is 15.4. The summed E-state index contributed by atoms with van der Waals surface area (Å²) in [6.45, 7) is 5.58. The fraction of sp³-hybridized carbons (Fsp3) is 0.350. The molecule has 1 amide bonds. The quantitative estimate of drug-likeness (QED) is 0.695. The number of ether oxygens (including phenoxy) is 2. The second-order valence-corrected chi connectivity index (χ2v) is 6.14. The van der Waals surface area contributed by atoms with E-state index < -0.39 is 23.9 Å². The number of anilines is 1. The average Bonchev–Trinajstić information content (AvgIpc) is 2.62. The van der Waals surface area contributed by atoms with Gasteiger partial charge in [0, 0.05) is 5.69 Å². The monoisotopic (exact) mass is 381 g/mol. The van der Waals surface area contributed by atoms with Crippen molar-refractivity contribution in [1.82, 2.24) is 0 Å². The van der Waals surface area contributed by atoms with Crippen LogP contribution in [0.5, 0.6) is 5.75 Å². The first-order chi connectivity index (χ1) is 12.7. The minimum atomic E-state index is -4.44. The van der Waals surface area contributed by atoms with Gasteiger partial charge in [-0.15, -0.1) is 0 Å². The highest BCUT2D eigenvalue weighted by atomic mass is 19.4. The molecular formula is C20H22F3NO3. The number of hydrogen-bond donors (Lipinski definition) is 1. The lowest BCUT2D eigenvalue weighted by Gasteiger charge is -2.18. The highest BCUT2D eigenvalue weighted by Gasteiger charge is 2.30. The number of alkyl halides is 3. The summed E-state index contributed by atoms with van der Waals surface area (Å²) < 4.78 is 48.9. The lowest BCUT2D eigenvalue weighted by atomic mass is 10.1. The third kappa shape index (κ3) is 5.91. The average molecular weight is 381 g/mol. The summed E-state index contributed by atoms with van der Waals surface area (Å²) in [5.74, 6) is 0.0711. The fourth-order valence-corrected chi connectivity index (χ4v) is 2.36. The smallest absolute Gasteiger partial charge is 0.416 e. The Labute approximate surface area is 156 Å². The van der Waals surface area contributed by atoms with Crippen molar-refractivity contribution in [2.24, 2.45) is 0 Å². The molecule has 1 atom stereocenters. The molecular weight excluding hydrogens is 359 g/mol. The van der Waals surface area contributed by atoms with Crippen molar-refractivity contribution in [2.75, 3.05) is 11.9 Å². The minimum Gasteiger partial charge on any atom is -0.490 e. The van der Waals surface area contributed by atoms with E-state index in [1.165, 1.54) is 12.1 Å². The summed E-state index contributed by atoms with van der Waals surface area (Å²) in [4.78, 5) is 12.1. The van der Waals surface area contributed by atoms with Crippen LogP contribution in [0.25, 0.3) is 0 Å². The van der Waals surface area contributed by atoms with Crippen LogP contribution in [0.15, 0.2) is 42.5 Å². The van der Waals surface area contributed by atoms with Gasteiger partial charge in [0.05, 0.1) is 5.56 Å². The molecule has 2 rings (SSSR count). The number of halogens is 3. The summed E-state index contributed by atoms with van der Waals surface area (Å²) in [6, 6.07) is 10.1. The lowest BCUT2D eigenvalue weighted by molar-refractivity contribution is -0.137. The van der Waals surface area contributed by atoms with Crippen LogP contribution in [0.1, 0.15) is 30.0 Å². The minimum absolute atomic E-state index is 0.0436. The van der Waals surface area contributed by atoms with E-state index in [1.54, 1.807) is 13.0 Å². The van der Waals surface area contributed by atoms with Crippen LogP contribution in [0.3, 0.4) is 0 Å². The molecule has 0 fully saturated rings. The molecule has 0 bridgehead atoms. The van der Waals surface area contributed by atoms with Crippen LogP contribution < -0.4 is 10.1 Å². The molecule has 0 heterocycles. The van der Waals surface area contributed by atoms with E-state index in [-0.39, 0.29) is 12.4 Å². The molecule has 0 spiro atoms. The number of carbonyl (C=O) groups excluding carboxylic acids is 1. The van der Waals surface area contributed by atoms with Crippen LogP contribution in [0, 0.1) is 13.8 Å². The van der Waals surface area contributed by atoms with Gasteiger partial charge < -0.3 is 9.47 Å². The summed E-state index contributed by atoms with van der Waals surface area (Å²) in [7, 11) is 0. The largest absolute Gasteiger partial charge is 0.490 e. The first-order valence-electron chi connectivity index (χ1n) is 8.54. The molecule has 0 aliphatic carbocycles. The van der Waals surface area contributed by atoms with E-state index in [0.29, 0.717) is 12.1 Å². The van der Waals surface area contributed by atoms with Crippen molar-refractivity contribution in [2.45, 2.75) is 39.5 Å². The topological polar surface area (TPSA) is 47.6 Å². The first kappa shape index (κ1) is 20.6. The zero-order valence-electron chi connectivity index (χ0n) is 15.4. The van der Waals surface area contributed by atoms with E-state index in [0.717, 1.165) is 23.3 Å². The molecule has 4 nitrogen and oxygen atoms in total. The summed E-state index contributed by atoms with van der Waals surface area (Å²) in [6.07, 6.45) is -5.21. The molecule has 27 heavy (non-hydrogen) atoms. The summed E-state index contributed by atoms with van der Waals surface area (Å²) >= 11 is 0. The number of carbonyl (C=O) groups is 1. The van der Waals surface area contributed by atoms with Crippen LogP contribution >= 0.6 is 0 Å². The highest BCUT2D eigenvalue weighted by Crippen LogP contribution is 2.31. The van der Waals surface area contributed by atoms with E-state index in [1.807, 2.05) is 26.0 Å². The molecule has 0 saturated heterocycles. The molecule has 0 saturated carbocycles. The maximum atomic E-state index is 12.7. The number of rotatable bonds is 6. The van der Waals surface area contributed by atoms with E-state index in [4.69, 9.17) is 9.47 Å². The Kier molecular flexibility index (Phi) is 6.71. The fourth-order valence-electron chi connectivity index (χ4n) is 2.36. The van der Waals surface area contributed by atoms with Crippen molar-refractivity contribution in [3.05, 3.63) is 59.2 Å². The standard InChI is InChI=1S/C20H22F3NO3/c1-4-16(12-26-17-9-6-8-15(11-17)20(21,22)23)27-19(25)24-18-10-5-7-13(2)14(18)3/h5-11,16H,4,12H2,1-3H3,(H,24,25). The van der Waals surface area contributed by atoms with Gasteiger partial charge in [0.25, 0.3) is 0 Å². The van der Waals surface area contributed by atoms with Gasteiger partial charge in [-0.25, -0.2) is 4.79 Å². The van der Waals surface area contributed by atoms with Gasteiger partial charge in [0.15, 0.2) is 0 Å². The van der Waals surface area contributed by atoms with Crippen molar-refractivity contribution in [1.29, 1.82) is 0 Å². The van der Waals surface area contributed by atoms with Crippen LogP contribution in [-0.4, -0.2) is 18.8 Å².